The van der Waals surface area contributed by atoms with E-state index in [-0.39, 0.29) is 5.91 Å². The van der Waals surface area contributed by atoms with Crippen molar-refractivity contribution in [2.24, 2.45) is 5.92 Å². The highest BCUT2D eigenvalue weighted by Gasteiger charge is 2.25. The summed E-state index contributed by atoms with van der Waals surface area (Å²) in [6.07, 6.45) is 7.91. The third kappa shape index (κ3) is 4.77. The molecule has 1 saturated heterocycles. The molecule has 0 saturated carbocycles. The number of hydrogen-bond donors (Lipinski definition) is 0. The zero-order chi connectivity index (χ0) is 16.6. The number of likely N-dealkylation sites (tertiary alicyclic amines) is 1. The van der Waals surface area contributed by atoms with E-state index in [1.807, 2.05) is 41.3 Å². The fourth-order valence-electron chi connectivity index (χ4n) is 2.83. The number of hydrogen-bond acceptors (Lipinski definition) is 3. The summed E-state index contributed by atoms with van der Waals surface area (Å²) in [6, 6.07) is 14.0. The number of rotatable bonds is 6. The molecule has 1 aromatic heterocycles. The lowest BCUT2D eigenvalue weighted by Gasteiger charge is -2.14. The van der Waals surface area contributed by atoms with E-state index in [1.54, 1.807) is 18.5 Å². The van der Waals surface area contributed by atoms with Gasteiger partial charge in [-0.1, -0.05) is 36.4 Å². The van der Waals surface area contributed by atoms with E-state index in [9.17, 15) is 4.79 Å². The molecule has 0 aliphatic carbocycles. The predicted octanol–water partition coefficient (Wildman–Crippen LogP) is 3.16. The molecule has 124 valence electrons. The molecule has 1 aromatic carbocycles. The maximum atomic E-state index is 12.2. The summed E-state index contributed by atoms with van der Waals surface area (Å²) in [5, 5.41) is 0. The topological polar surface area (TPSA) is 42.4 Å². The van der Waals surface area contributed by atoms with Crippen LogP contribution in [0.15, 0.2) is 60.9 Å². The molecule has 0 bridgehead atoms. The Morgan fingerprint density at radius 1 is 1.25 bits per heavy atom. The quantitative estimate of drug-likeness (QED) is 0.767. The first-order valence-corrected chi connectivity index (χ1v) is 8.30. The van der Waals surface area contributed by atoms with E-state index in [0.29, 0.717) is 19.1 Å². The summed E-state index contributed by atoms with van der Waals surface area (Å²) < 4.78 is 5.80. The van der Waals surface area contributed by atoms with Gasteiger partial charge in [0.05, 0.1) is 13.2 Å². The molecule has 0 spiro atoms. The number of benzene rings is 1. The van der Waals surface area contributed by atoms with Gasteiger partial charge in [-0.05, 0) is 29.7 Å². The zero-order valence-corrected chi connectivity index (χ0v) is 13.7. The Morgan fingerprint density at radius 2 is 2.12 bits per heavy atom. The number of pyridine rings is 1. The predicted molar refractivity (Wildman–Crippen MR) is 94.1 cm³/mol. The first-order valence-electron chi connectivity index (χ1n) is 8.30. The van der Waals surface area contributed by atoms with Crippen molar-refractivity contribution in [3.05, 3.63) is 72.1 Å². The Bertz CT molecular complexity index is 671. The molecule has 1 atom stereocenters. The van der Waals surface area contributed by atoms with Crippen LogP contribution in [0.3, 0.4) is 0 Å². The largest absolute Gasteiger partial charge is 0.376 e. The number of ether oxygens (including phenoxy) is 1. The molecular weight excluding hydrogens is 300 g/mol. The lowest BCUT2D eigenvalue weighted by atomic mass is 10.1. The van der Waals surface area contributed by atoms with Crippen LogP contribution in [-0.2, 0) is 16.1 Å². The summed E-state index contributed by atoms with van der Waals surface area (Å²) in [7, 11) is 0. The Morgan fingerprint density at radius 3 is 2.92 bits per heavy atom. The van der Waals surface area contributed by atoms with E-state index in [2.05, 4.69) is 17.1 Å². The highest BCUT2D eigenvalue weighted by Crippen LogP contribution is 2.18. The molecule has 1 aliphatic rings. The maximum Gasteiger partial charge on any atom is 0.246 e. The van der Waals surface area contributed by atoms with E-state index < -0.39 is 0 Å². The third-order valence-corrected chi connectivity index (χ3v) is 4.17. The second-order valence-electron chi connectivity index (χ2n) is 6.06. The molecule has 4 nitrogen and oxygen atoms in total. The van der Waals surface area contributed by atoms with Crippen LogP contribution < -0.4 is 0 Å². The molecular formula is C20H22N2O2. The van der Waals surface area contributed by atoms with Gasteiger partial charge in [-0.25, -0.2) is 0 Å². The van der Waals surface area contributed by atoms with E-state index in [0.717, 1.165) is 25.1 Å². The summed E-state index contributed by atoms with van der Waals surface area (Å²) in [6.45, 7) is 2.90. The van der Waals surface area contributed by atoms with Gasteiger partial charge in [0.25, 0.3) is 0 Å². The Kier molecular flexibility index (Phi) is 5.75. The first kappa shape index (κ1) is 16.4. The van der Waals surface area contributed by atoms with Gasteiger partial charge in [-0.3, -0.25) is 9.78 Å². The summed E-state index contributed by atoms with van der Waals surface area (Å²) in [5.74, 6) is 0.480. The molecule has 2 heterocycles. The highest BCUT2D eigenvalue weighted by atomic mass is 16.5. The average Bonchev–Trinajstić information content (AvgIpc) is 3.10. The van der Waals surface area contributed by atoms with Gasteiger partial charge in [0.1, 0.15) is 0 Å². The van der Waals surface area contributed by atoms with Crippen molar-refractivity contribution in [2.45, 2.75) is 13.0 Å². The minimum atomic E-state index is 0.0596. The minimum Gasteiger partial charge on any atom is -0.376 e. The standard InChI is InChI=1S/C20H22N2O2/c23-20(9-8-17-7-4-11-21-13-17)22-12-10-19(14-22)16-24-15-18-5-2-1-3-6-18/h1-9,11,13,19H,10,12,14-16H2/b9-8+. The van der Waals surface area contributed by atoms with Crippen LogP contribution >= 0.6 is 0 Å². The zero-order valence-electron chi connectivity index (χ0n) is 13.7. The number of carbonyl (C=O) groups is 1. The van der Waals surface area contributed by atoms with Crippen LogP contribution in [0.25, 0.3) is 6.08 Å². The second-order valence-corrected chi connectivity index (χ2v) is 6.06. The van der Waals surface area contributed by atoms with Crippen LogP contribution in [0.4, 0.5) is 0 Å². The van der Waals surface area contributed by atoms with Crippen LogP contribution in [0.5, 0.6) is 0 Å². The molecule has 4 heteroatoms. The molecule has 1 aliphatic heterocycles. The molecule has 1 unspecified atom stereocenters. The first-order chi connectivity index (χ1) is 11.8. The maximum absolute atomic E-state index is 12.2. The van der Waals surface area contributed by atoms with Crippen molar-refractivity contribution >= 4 is 12.0 Å². The van der Waals surface area contributed by atoms with Crippen LogP contribution in [0.2, 0.25) is 0 Å². The van der Waals surface area contributed by atoms with Crippen molar-refractivity contribution in [3.63, 3.8) is 0 Å². The van der Waals surface area contributed by atoms with Gasteiger partial charge in [0.2, 0.25) is 5.91 Å². The van der Waals surface area contributed by atoms with Gasteiger partial charge in [0, 0.05) is 37.5 Å². The van der Waals surface area contributed by atoms with Crippen LogP contribution in [0.1, 0.15) is 17.5 Å². The number of nitrogens with zero attached hydrogens (tertiary/aromatic N) is 2. The van der Waals surface area contributed by atoms with Gasteiger partial charge < -0.3 is 9.64 Å². The van der Waals surface area contributed by atoms with E-state index in [4.69, 9.17) is 4.74 Å². The summed E-state index contributed by atoms with van der Waals surface area (Å²) in [4.78, 5) is 18.2. The Balaban J connectivity index is 1.41. The monoisotopic (exact) mass is 322 g/mol. The SMILES string of the molecule is O=C(/C=C/c1cccnc1)N1CCC(COCc2ccccc2)C1. The van der Waals surface area contributed by atoms with Crippen molar-refractivity contribution in [1.29, 1.82) is 0 Å². The van der Waals surface area contributed by atoms with E-state index in [1.165, 1.54) is 5.56 Å². The molecule has 3 rings (SSSR count). The van der Waals surface area contributed by atoms with Gasteiger partial charge in [0.15, 0.2) is 0 Å². The van der Waals surface area contributed by atoms with E-state index >= 15 is 0 Å². The third-order valence-electron chi connectivity index (χ3n) is 4.17. The Hall–Kier alpha value is -2.46. The van der Waals surface area contributed by atoms with Crippen molar-refractivity contribution in [3.8, 4) is 0 Å². The van der Waals surface area contributed by atoms with Gasteiger partial charge in [-0.2, -0.15) is 0 Å². The van der Waals surface area contributed by atoms with Crippen molar-refractivity contribution in [2.75, 3.05) is 19.7 Å². The van der Waals surface area contributed by atoms with Crippen molar-refractivity contribution in [1.82, 2.24) is 9.88 Å². The molecule has 1 fully saturated rings. The normalized spacial score (nSPS) is 17.5. The average molecular weight is 322 g/mol. The Labute approximate surface area is 142 Å². The molecule has 2 aromatic rings. The fourth-order valence-corrected chi connectivity index (χ4v) is 2.83. The lowest BCUT2D eigenvalue weighted by molar-refractivity contribution is -0.125. The molecule has 1 amide bonds. The molecule has 0 N–H and O–H groups in total. The molecule has 24 heavy (non-hydrogen) atoms. The van der Waals surface area contributed by atoms with Crippen LogP contribution in [-0.4, -0.2) is 35.5 Å². The number of carbonyl (C=O) groups excluding carboxylic acids is 1. The summed E-state index contributed by atoms with van der Waals surface area (Å²) in [5.41, 5.74) is 2.12. The van der Waals surface area contributed by atoms with Gasteiger partial charge >= 0.3 is 0 Å². The fraction of sp³-hybridized carbons (Fsp3) is 0.300. The smallest absolute Gasteiger partial charge is 0.246 e. The lowest BCUT2D eigenvalue weighted by Crippen LogP contribution is -2.27. The van der Waals surface area contributed by atoms with Crippen molar-refractivity contribution < 1.29 is 9.53 Å². The van der Waals surface area contributed by atoms with Gasteiger partial charge in [-0.15, -0.1) is 0 Å². The minimum absolute atomic E-state index is 0.0596. The highest BCUT2D eigenvalue weighted by molar-refractivity contribution is 5.91. The molecule has 0 radical (unpaired) electrons. The summed E-state index contributed by atoms with van der Waals surface area (Å²) >= 11 is 0. The number of amides is 1. The second kappa shape index (κ2) is 8.41. The number of aromatic nitrogens is 1. The van der Waals surface area contributed by atoms with Crippen LogP contribution in [0, 0.1) is 5.92 Å².